The molecule has 0 bridgehead atoms. The summed E-state index contributed by atoms with van der Waals surface area (Å²) in [5.41, 5.74) is 0.268. The van der Waals surface area contributed by atoms with Crippen molar-refractivity contribution in [3.63, 3.8) is 0 Å². The number of carbonyl (C=O) groups excluding carboxylic acids is 6. The van der Waals surface area contributed by atoms with Crippen LogP contribution in [-0.2, 0) is 44.4 Å². The van der Waals surface area contributed by atoms with Gasteiger partial charge in [-0.3, -0.25) is 33.8 Å². The zero-order chi connectivity index (χ0) is 51.5. The lowest BCUT2D eigenvalue weighted by atomic mass is 9.84. The molecular formula is C50H68F3N11O8. The van der Waals surface area contributed by atoms with Gasteiger partial charge in [-0.05, 0) is 102 Å². The van der Waals surface area contributed by atoms with Gasteiger partial charge in [-0.2, -0.15) is 13.2 Å². The summed E-state index contributed by atoms with van der Waals surface area (Å²) in [6.07, 6.45) is 5.13. The second-order valence-corrected chi connectivity index (χ2v) is 19.6. The van der Waals surface area contributed by atoms with E-state index < -0.39 is 29.7 Å². The van der Waals surface area contributed by atoms with E-state index in [9.17, 15) is 41.9 Å². The van der Waals surface area contributed by atoms with Gasteiger partial charge in [0.15, 0.2) is 0 Å². The third-order valence-electron chi connectivity index (χ3n) is 14.6. The second kappa shape index (κ2) is 24.6. The fourth-order valence-electron chi connectivity index (χ4n) is 10.5. The van der Waals surface area contributed by atoms with Crippen LogP contribution < -0.4 is 26.6 Å². The van der Waals surface area contributed by atoms with Crippen LogP contribution in [0.15, 0.2) is 49.1 Å². The normalized spacial score (nSPS) is 24.7. The first-order valence-corrected chi connectivity index (χ1v) is 25.0. The number of halogens is 3. The molecule has 2 saturated carbocycles. The molecule has 392 valence electrons. The number of amides is 6. The van der Waals surface area contributed by atoms with Crippen molar-refractivity contribution >= 4 is 52.2 Å². The molecule has 2 aliphatic heterocycles. The highest BCUT2D eigenvalue weighted by Crippen LogP contribution is 2.37. The monoisotopic (exact) mass is 1010 g/mol. The summed E-state index contributed by atoms with van der Waals surface area (Å²) in [6, 6.07) is 5.44. The number of benzene rings is 1. The number of nitrogens with zero attached hydrogens (tertiary/aromatic N) is 6. The molecular weight excluding hydrogens is 940 g/mol. The first-order chi connectivity index (χ1) is 34.5. The number of anilines is 1. The summed E-state index contributed by atoms with van der Waals surface area (Å²) in [5.74, 6) is -1.80. The van der Waals surface area contributed by atoms with Crippen molar-refractivity contribution in [2.24, 2.45) is 11.8 Å². The Morgan fingerprint density at radius 2 is 1.64 bits per heavy atom. The van der Waals surface area contributed by atoms with Crippen molar-refractivity contribution < 1.29 is 51.4 Å². The molecule has 22 heteroatoms. The van der Waals surface area contributed by atoms with E-state index in [2.05, 4.69) is 67.3 Å². The van der Waals surface area contributed by atoms with Gasteiger partial charge in [-0.1, -0.05) is 6.07 Å². The molecule has 4 aliphatic rings. The van der Waals surface area contributed by atoms with Crippen molar-refractivity contribution in [3.8, 4) is 0 Å². The van der Waals surface area contributed by atoms with E-state index in [1.54, 1.807) is 35.3 Å². The first kappa shape index (κ1) is 53.8. The van der Waals surface area contributed by atoms with Gasteiger partial charge < -0.3 is 50.8 Å². The highest BCUT2D eigenvalue weighted by molar-refractivity contribution is 5.93. The van der Waals surface area contributed by atoms with E-state index in [-0.39, 0.29) is 135 Å². The van der Waals surface area contributed by atoms with Crippen molar-refractivity contribution in [2.75, 3.05) is 65.5 Å². The van der Waals surface area contributed by atoms with Crippen LogP contribution in [0.25, 0.3) is 10.9 Å². The number of aromatic nitrogens is 3. The number of rotatable bonds is 21. The Bertz CT molecular complexity index is 2370. The fourth-order valence-corrected chi connectivity index (χ4v) is 10.5. The molecule has 4 fully saturated rings. The SMILES string of the molecule is CC(C)N(C)[C@@H]1CC[C@H](N2CC[C@H](Nc3ncnc4ccc(C(F)(F)F)cc34)C2=O)[C@H](NC(=O)CCOCCNC(=O)C2CCC(NC(=O)COCCNC(=O)[C@H]3CC(=O)N(C)[C@@H]3c3cccnc3)CC2)C1. The molecule has 4 heterocycles. The second-order valence-electron chi connectivity index (χ2n) is 19.6. The Hall–Kier alpha value is -6.00. The smallest absolute Gasteiger partial charge is 0.379 e. The number of likely N-dealkylation sites (tertiary alicyclic amines) is 2. The lowest BCUT2D eigenvalue weighted by Gasteiger charge is -2.44. The lowest BCUT2D eigenvalue weighted by molar-refractivity contribution is -0.137. The van der Waals surface area contributed by atoms with E-state index in [1.807, 2.05) is 6.07 Å². The molecule has 3 aromatic rings. The van der Waals surface area contributed by atoms with Gasteiger partial charge in [-0.15, -0.1) is 0 Å². The molecule has 2 saturated heterocycles. The zero-order valence-electron chi connectivity index (χ0n) is 41.4. The Morgan fingerprint density at radius 1 is 0.889 bits per heavy atom. The number of hydrogen-bond acceptors (Lipinski definition) is 13. The van der Waals surface area contributed by atoms with Crippen molar-refractivity contribution in [1.82, 2.24) is 50.9 Å². The predicted octanol–water partition coefficient (Wildman–Crippen LogP) is 3.35. The highest BCUT2D eigenvalue weighted by atomic mass is 19.4. The number of nitrogens with one attached hydrogen (secondary N) is 5. The minimum atomic E-state index is -4.56. The van der Waals surface area contributed by atoms with Crippen molar-refractivity contribution in [3.05, 3.63) is 60.2 Å². The summed E-state index contributed by atoms with van der Waals surface area (Å²) >= 11 is 0. The first-order valence-electron chi connectivity index (χ1n) is 25.0. The summed E-state index contributed by atoms with van der Waals surface area (Å²) < 4.78 is 51.9. The topological polar surface area (TPSA) is 229 Å². The van der Waals surface area contributed by atoms with E-state index >= 15 is 0 Å². The average molecular weight is 1010 g/mol. The largest absolute Gasteiger partial charge is 0.416 e. The molecule has 0 spiro atoms. The van der Waals surface area contributed by atoms with Crippen LogP contribution in [0.2, 0.25) is 0 Å². The summed E-state index contributed by atoms with van der Waals surface area (Å²) in [6.45, 7) is 5.35. The zero-order valence-corrected chi connectivity index (χ0v) is 41.4. The number of hydrogen-bond donors (Lipinski definition) is 5. The van der Waals surface area contributed by atoms with Gasteiger partial charge in [0.25, 0.3) is 0 Å². The van der Waals surface area contributed by atoms with Gasteiger partial charge in [0.1, 0.15) is 24.8 Å². The van der Waals surface area contributed by atoms with Gasteiger partial charge in [-0.25, -0.2) is 9.97 Å². The molecule has 7 rings (SSSR count). The number of pyridine rings is 1. The Kier molecular flexibility index (Phi) is 18.4. The van der Waals surface area contributed by atoms with E-state index in [0.29, 0.717) is 57.0 Å². The van der Waals surface area contributed by atoms with E-state index in [1.165, 1.54) is 12.4 Å². The Morgan fingerprint density at radius 3 is 2.36 bits per heavy atom. The van der Waals surface area contributed by atoms with Gasteiger partial charge in [0.05, 0.1) is 54.9 Å². The maximum atomic E-state index is 14.0. The molecule has 6 atom stereocenters. The van der Waals surface area contributed by atoms with Crippen molar-refractivity contribution in [2.45, 2.75) is 127 Å². The number of fused-ring (bicyclic) bond motifs is 1. The van der Waals surface area contributed by atoms with Crippen LogP contribution in [0.5, 0.6) is 0 Å². The molecule has 0 radical (unpaired) electrons. The lowest BCUT2D eigenvalue weighted by Crippen LogP contribution is -2.58. The molecule has 6 amide bonds. The molecule has 0 unspecified atom stereocenters. The summed E-state index contributed by atoms with van der Waals surface area (Å²) in [4.78, 5) is 96.4. The Labute approximate surface area is 417 Å². The standard InChI is InChI=1S/C50H68F3N11O8/c1-30(2)62(3)35-12-14-41(64-20-15-39(49(64)70)61-46-36-24-33(50(51,52)53)9-13-38(36)57-29-58-46)40(25-35)60-42(65)16-21-71-22-18-55-47(68)31-7-10-34(11-8-31)59-43(66)28-72-23-19-56-48(69)37-26-44(67)63(4)45(37)32-6-5-17-54-27-32/h5-6,9,13,17,24,27,29-31,34-35,37,39-41,45H,7-8,10-12,14-16,18-23,25-26,28H2,1-4H3,(H,55,68)(H,56,69)(H,59,66)(H,60,65)(H,57,58,61)/t31?,34?,35-,37+,39+,40-,41+,45-/m1/s1. The van der Waals surface area contributed by atoms with Crippen LogP contribution in [-0.4, -0.2) is 162 Å². The van der Waals surface area contributed by atoms with E-state index in [4.69, 9.17) is 9.47 Å². The quantitative estimate of drug-likeness (QED) is 0.0967. The third-order valence-corrected chi connectivity index (χ3v) is 14.6. The molecule has 2 aliphatic carbocycles. The van der Waals surface area contributed by atoms with Crippen LogP contribution in [0.3, 0.4) is 0 Å². The minimum Gasteiger partial charge on any atom is -0.379 e. The maximum Gasteiger partial charge on any atom is 0.416 e. The molecule has 72 heavy (non-hydrogen) atoms. The third kappa shape index (κ3) is 13.7. The van der Waals surface area contributed by atoms with Crippen LogP contribution in [0.1, 0.15) is 95.2 Å². The highest BCUT2D eigenvalue weighted by Gasteiger charge is 2.45. The average Bonchev–Trinajstić information content (AvgIpc) is 3.88. The number of alkyl halides is 3. The minimum absolute atomic E-state index is 0.0768. The summed E-state index contributed by atoms with van der Waals surface area (Å²) in [7, 11) is 3.73. The van der Waals surface area contributed by atoms with Gasteiger partial charge in [0.2, 0.25) is 35.4 Å². The number of ether oxygens (including phenoxy) is 2. The Balaban J connectivity index is 0.775. The van der Waals surface area contributed by atoms with Crippen molar-refractivity contribution in [1.29, 1.82) is 0 Å². The van der Waals surface area contributed by atoms with Gasteiger partial charge in [0, 0.05) is 81.3 Å². The molecule has 1 aromatic carbocycles. The van der Waals surface area contributed by atoms with Crippen LogP contribution in [0, 0.1) is 11.8 Å². The molecule has 5 N–H and O–H groups in total. The number of carbonyl (C=O) groups is 6. The summed E-state index contributed by atoms with van der Waals surface area (Å²) in [5, 5.41) is 15.2. The maximum absolute atomic E-state index is 14.0. The fraction of sp³-hybridized carbons (Fsp3) is 0.620. The van der Waals surface area contributed by atoms with Crippen LogP contribution >= 0.6 is 0 Å². The van der Waals surface area contributed by atoms with Crippen LogP contribution in [0.4, 0.5) is 19.0 Å². The predicted molar refractivity (Wildman–Crippen MR) is 259 cm³/mol. The molecule has 2 aromatic heterocycles. The van der Waals surface area contributed by atoms with E-state index in [0.717, 1.165) is 24.1 Å². The van der Waals surface area contributed by atoms with Gasteiger partial charge >= 0.3 is 6.18 Å². The molecule has 19 nitrogen and oxygen atoms in total.